The molecule has 2 aliphatic rings. The van der Waals surface area contributed by atoms with Crippen LogP contribution in [0, 0.1) is 11.6 Å². The average molecular weight is 522 g/mol. The zero-order valence-corrected chi connectivity index (χ0v) is 19.5. The molecule has 2 aliphatic heterocycles. The summed E-state index contributed by atoms with van der Waals surface area (Å²) in [6.45, 7) is 1.92. The van der Waals surface area contributed by atoms with Crippen LogP contribution in [0.15, 0.2) is 47.0 Å². The van der Waals surface area contributed by atoms with Crippen molar-refractivity contribution in [3.8, 4) is 11.4 Å². The van der Waals surface area contributed by atoms with Crippen molar-refractivity contribution in [2.45, 2.75) is 24.4 Å². The van der Waals surface area contributed by atoms with Gasteiger partial charge in [0.15, 0.2) is 0 Å². The number of urea groups is 1. The van der Waals surface area contributed by atoms with Gasteiger partial charge in [-0.2, -0.15) is 18.2 Å². The van der Waals surface area contributed by atoms with E-state index in [4.69, 9.17) is 9.26 Å². The molecule has 2 saturated heterocycles. The molecule has 3 aromatic rings. The molecule has 12 heteroatoms. The van der Waals surface area contributed by atoms with Crippen LogP contribution in [-0.4, -0.2) is 65.4 Å². The van der Waals surface area contributed by atoms with Gasteiger partial charge in [-0.25, -0.2) is 13.6 Å². The fourth-order valence-electron chi connectivity index (χ4n) is 4.81. The van der Waals surface area contributed by atoms with Crippen molar-refractivity contribution in [3.63, 3.8) is 0 Å². The van der Waals surface area contributed by atoms with Crippen molar-refractivity contribution < 1.29 is 36.0 Å². The molecule has 5 rings (SSSR count). The summed E-state index contributed by atoms with van der Waals surface area (Å²) in [5, 5.41) is 3.74. The Kier molecular flexibility index (Phi) is 6.84. The average Bonchev–Trinajstić information content (AvgIpc) is 3.38. The second-order valence-corrected chi connectivity index (χ2v) is 9.09. The third-order valence-electron chi connectivity index (χ3n) is 6.67. The zero-order chi connectivity index (χ0) is 26.2. The Labute approximate surface area is 208 Å². The second-order valence-electron chi connectivity index (χ2n) is 9.09. The van der Waals surface area contributed by atoms with Crippen molar-refractivity contribution in [3.05, 3.63) is 71.1 Å². The molecule has 0 N–H and O–H groups in total. The van der Waals surface area contributed by atoms with Gasteiger partial charge in [0.2, 0.25) is 11.7 Å². The molecule has 37 heavy (non-hydrogen) atoms. The van der Waals surface area contributed by atoms with Gasteiger partial charge in [-0.3, -0.25) is 0 Å². The van der Waals surface area contributed by atoms with Crippen LogP contribution in [0.2, 0.25) is 0 Å². The van der Waals surface area contributed by atoms with E-state index in [0.717, 1.165) is 24.3 Å². The summed E-state index contributed by atoms with van der Waals surface area (Å²) in [7, 11) is 0. The molecule has 0 aliphatic carbocycles. The molecule has 2 atom stereocenters. The minimum Gasteiger partial charge on any atom is -0.378 e. The fraction of sp³-hybridized carbons (Fsp3) is 0.400. The Morgan fingerprint density at radius 3 is 2.32 bits per heavy atom. The summed E-state index contributed by atoms with van der Waals surface area (Å²) in [5.41, 5.74) is -0.809. The number of amides is 2. The number of hydrogen-bond donors (Lipinski definition) is 0. The van der Waals surface area contributed by atoms with Gasteiger partial charge in [-0.05, 0) is 30.2 Å². The van der Waals surface area contributed by atoms with Gasteiger partial charge in [0, 0.05) is 32.1 Å². The minimum atomic E-state index is -4.52. The SMILES string of the molecule is O=C(N1CCOCC1)N1CC(c2cccc(C(F)(F)F)c2)CC(c2nc(-c3c(F)cccc3F)no2)C1. The van der Waals surface area contributed by atoms with Crippen molar-refractivity contribution in [2.75, 3.05) is 39.4 Å². The van der Waals surface area contributed by atoms with E-state index in [9.17, 15) is 26.7 Å². The highest BCUT2D eigenvalue weighted by atomic mass is 19.4. The van der Waals surface area contributed by atoms with Gasteiger partial charge in [0.25, 0.3) is 0 Å². The molecule has 2 unspecified atom stereocenters. The molecular weight excluding hydrogens is 499 g/mol. The highest BCUT2D eigenvalue weighted by Crippen LogP contribution is 2.38. The minimum absolute atomic E-state index is 0.0501. The highest BCUT2D eigenvalue weighted by molar-refractivity contribution is 5.75. The molecule has 0 bridgehead atoms. The van der Waals surface area contributed by atoms with E-state index >= 15 is 0 Å². The first-order chi connectivity index (χ1) is 17.7. The van der Waals surface area contributed by atoms with E-state index in [0.29, 0.717) is 38.3 Å². The third kappa shape index (κ3) is 5.29. The van der Waals surface area contributed by atoms with Crippen LogP contribution in [0.4, 0.5) is 26.7 Å². The third-order valence-corrected chi connectivity index (χ3v) is 6.67. The summed E-state index contributed by atoms with van der Waals surface area (Å²) in [6, 6.07) is 8.08. The van der Waals surface area contributed by atoms with Gasteiger partial charge >= 0.3 is 12.2 Å². The summed E-state index contributed by atoms with van der Waals surface area (Å²) < 4.78 is 79.3. The van der Waals surface area contributed by atoms with Crippen LogP contribution in [0.3, 0.4) is 0 Å². The van der Waals surface area contributed by atoms with Crippen LogP contribution in [0.1, 0.15) is 35.3 Å². The van der Waals surface area contributed by atoms with E-state index in [2.05, 4.69) is 10.1 Å². The highest BCUT2D eigenvalue weighted by Gasteiger charge is 2.38. The molecule has 196 valence electrons. The maximum Gasteiger partial charge on any atom is 0.416 e. The van der Waals surface area contributed by atoms with Crippen LogP contribution in [-0.2, 0) is 10.9 Å². The molecule has 2 aromatic carbocycles. The predicted molar refractivity (Wildman–Crippen MR) is 121 cm³/mol. The number of likely N-dealkylation sites (tertiary alicyclic amines) is 1. The number of ether oxygens (including phenoxy) is 1. The predicted octanol–water partition coefficient (Wildman–Crippen LogP) is 5.06. The number of carbonyl (C=O) groups excluding carboxylic acids is 1. The molecule has 7 nitrogen and oxygen atoms in total. The topological polar surface area (TPSA) is 71.7 Å². The first kappa shape index (κ1) is 25.1. The molecule has 2 fully saturated rings. The number of aromatic nitrogens is 2. The number of halogens is 5. The lowest BCUT2D eigenvalue weighted by Gasteiger charge is -2.40. The summed E-state index contributed by atoms with van der Waals surface area (Å²) in [4.78, 5) is 20.7. The number of morpholine rings is 1. The summed E-state index contributed by atoms with van der Waals surface area (Å²) >= 11 is 0. The summed E-state index contributed by atoms with van der Waals surface area (Å²) in [6.07, 6.45) is -4.21. The van der Waals surface area contributed by atoms with E-state index in [-0.39, 0.29) is 30.8 Å². The Bertz CT molecular complexity index is 1250. The maximum atomic E-state index is 14.3. The zero-order valence-electron chi connectivity index (χ0n) is 19.5. The smallest absolute Gasteiger partial charge is 0.378 e. The number of carbonyl (C=O) groups is 1. The van der Waals surface area contributed by atoms with Crippen LogP contribution in [0.25, 0.3) is 11.4 Å². The molecule has 1 aromatic heterocycles. The Morgan fingerprint density at radius 2 is 1.62 bits per heavy atom. The molecule has 2 amide bonds. The number of hydrogen-bond acceptors (Lipinski definition) is 5. The number of alkyl halides is 3. The standard InChI is InChI=1S/C25H23F5N4O3/c26-19-5-2-6-20(27)21(19)22-31-23(37-32-22)17-11-16(15-3-1-4-18(12-15)25(28,29)30)13-34(14-17)24(35)33-7-9-36-10-8-33/h1-6,12,16-17H,7-11,13-14H2. The summed E-state index contributed by atoms with van der Waals surface area (Å²) in [5.74, 6) is -2.98. The Morgan fingerprint density at radius 1 is 0.946 bits per heavy atom. The van der Waals surface area contributed by atoms with Gasteiger partial charge in [0.1, 0.15) is 11.6 Å². The molecule has 0 saturated carbocycles. The van der Waals surface area contributed by atoms with E-state index in [1.807, 2.05) is 0 Å². The lowest BCUT2D eigenvalue weighted by atomic mass is 9.84. The van der Waals surface area contributed by atoms with Gasteiger partial charge in [-0.1, -0.05) is 29.4 Å². The Hall–Kier alpha value is -3.54. The maximum absolute atomic E-state index is 14.3. The monoisotopic (exact) mass is 522 g/mol. The first-order valence-corrected chi connectivity index (χ1v) is 11.8. The normalized spacial score (nSPS) is 20.8. The molecule has 0 spiro atoms. The number of piperidine rings is 1. The Balaban J connectivity index is 1.46. The molecular formula is C25H23F5N4O3. The largest absolute Gasteiger partial charge is 0.416 e. The quantitative estimate of drug-likeness (QED) is 0.450. The van der Waals surface area contributed by atoms with Gasteiger partial charge < -0.3 is 19.1 Å². The fourth-order valence-corrected chi connectivity index (χ4v) is 4.81. The van der Waals surface area contributed by atoms with Crippen LogP contribution >= 0.6 is 0 Å². The van der Waals surface area contributed by atoms with E-state index in [1.165, 1.54) is 12.1 Å². The van der Waals surface area contributed by atoms with Crippen molar-refractivity contribution in [1.82, 2.24) is 19.9 Å². The van der Waals surface area contributed by atoms with E-state index in [1.54, 1.807) is 15.9 Å². The van der Waals surface area contributed by atoms with Crippen molar-refractivity contribution >= 4 is 6.03 Å². The lowest BCUT2D eigenvalue weighted by Crippen LogP contribution is -2.52. The van der Waals surface area contributed by atoms with Gasteiger partial charge in [0.05, 0.1) is 30.3 Å². The van der Waals surface area contributed by atoms with Crippen molar-refractivity contribution in [1.29, 1.82) is 0 Å². The van der Waals surface area contributed by atoms with Crippen molar-refractivity contribution in [2.24, 2.45) is 0 Å². The second kappa shape index (κ2) is 10.1. The van der Waals surface area contributed by atoms with Crippen LogP contribution in [0.5, 0.6) is 0 Å². The first-order valence-electron chi connectivity index (χ1n) is 11.8. The number of benzene rings is 2. The number of nitrogens with zero attached hydrogens (tertiary/aromatic N) is 4. The number of rotatable bonds is 3. The molecule has 3 heterocycles. The van der Waals surface area contributed by atoms with Crippen LogP contribution < -0.4 is 0 Å². The molecule has 0 radical (unpaired) electrons. The van der Waals surface area contributed by atoms with E-state index < -0.39 is 40.8 Å². The van der Waals surface area contributed by atoms with Gasteiger partial charge in [-0.15, -0.1) is 0 Å². The lowest BCUT2D eigenvalue weighted by molar-refractivity contribution is -0.137.